The van der Waals surface area contributed by atoms with Crippen LogP contribution in [0.15, 0.2) is 6.07 Å². The molecule has 2 N–H and O–H groups in total. The number of anilines is 2. The van der Waals surface area contributed by atoms with E-state index in [1.807, 2.05) is 6.07 Å². The van der Waals surface area contributed by atoms with E-state index in [4.69, 9.17) is 15.5 Å². The number of ether oxygens (including phenoxy) is 1. The maximum absolute atomic E-state index is 5.99. The van der Waals surface area contributed by atoms with Gasteiger partial charge in [-0.2, -0.15) is 0 Å². The minimum Gasteiger partial charge on any atom is -0.384 e. The van der Waals surface area contributed by atoms with E-state index in [1.54, 1.807) is 0 Å². The maximum Gasteiger partial charge on any atom is 0.136 e. The molecule has 2 atom stereocenters. The van der Waals surface area contributed by atoms with Gasteiger partial charge < -0.3 is 15.4 Å². The van der Waals surface area contributed by atoms with Gasteiger partial charge in [0.1, 0.15) is 17.5 Å². The van der Waals surface area contributed by atoms with Gasteiger partial charge in [0, 0.05) is 18.5 Å². The SMILES string of the molecule is Nc1cc(N2CCOC3CCCCC32)nc(C2CC2)n1. The van der Waals surface area contributed by atoms with Crippen molar-refractivity contribution in [1.82, 2.24) is 9.97 Å². The predicted molar refractivity (Wildman–Crippen MR) is 77.8 cm³/mol. The molecule has 1 saturated heterocycles. The zero-order valence-electron chi connectivity index (χ0n) is 11.8. The third-order valence-electron chi connectivity index (χ3n) is 4.72. The lowest BCUT2D eigenvalue weighted by Gasteiger charge is -2.44. The molecule has 1 aliphatic heterocycles. The van der Waals surface area contributed by atoms with Crippen molar-refractivity contribution in [3.63, 3.8) is 0 Å². The molecule has 1 aromatic heterocycles. The van der Waals surface area contributed by atoms with E-state index in [2.05, 4.69) is 9.88 Å². The largest absolute Gasteiger partial charge is 0.384 e. The van der Waals surface area contributed by atoms with E-state index >= 15 is 0 Å². The van der Waals surface area contributed by atoms with Crippen LogP contribution in [0.4, 0.5) is 11.6 Å². The molecule has 3 aliphatic rings. The predicted octanol–water partition coefficient (Wildman–Crippen LogP) is 2.08. The molecule has 0 radical (unpaired) electrons. The first-order valence-electron chi connectivity index (χ1n) is 7.84. The molecule has 2 saturated carbocycles. The van der Waals surface area contributed by atoms with Gasteiger partial charge in [0.2, 0.25) is 0 Å². The normalized spacial score (nSPS) is 30.1. The molecule has 20 heavy (non-hydrogen) atoms. The highest BCUT2D eigenvalue weighted by Gasteiger charge is 2.36. The van der Waals surface area contributed by atoms with E-state index in [9.17, 15) is 0 Å². The van der Waals surface area contributed by atoms with Gasteiger partial charge in [0.05, 0.1) is 18.8 Å². The molecule has 2 heterocycles. The highest BCUT2D eigenvalue weighted by molar-refractivity contribution is 5.49. The first-order chi connectivity index (χ1) is 9.81. The number of fused-ring (bicyclic) bond motifs is 1. The summed E-state index contributed by atoms with van der Waals surface area (Å²) in [4.78, 5) is 11.6. The lowest BCUT2D eigenvalue weighted by molar-refractivity contribution is -0.00900. The van der Waals surface area contributed by atoms with Crippen molar-refractivity contribution in [2.75, 3.05) is 23.8 Å². The summed E-state index contributed by atoms with van der Waals surface area (Å²) in [6.45, 7) is 1.71. The van der Waals surface area contributed by atoms with Crippen molar-refractivity contribution in [2.24, 2.45) is 0 Å². The van der Waals surface area contributed by atoms with E-state index in [0.717, 1.165) is 24.8 Å². The van der Waals surface area contributed by atoms with Crippen molar-refractivity contribution in [3.05, 3.63) is 11.9 Å². The number of hydrogen-bond acceptors (Lipinski definition) is 5. The number of aromatic nitrogens is 2. The monoisotopic (exact) mass is 274 g/mol. The van der Waals surface area contributed by atoms with Crippen LogP contribution >= 0.6 is 0 Å². The van der Waals surface area contributed by atoms with Crippen LogP contribution in [-0.2, 0) is 4.74 Å². The van der Waals surface area contributed by atoms with Crippen molar-refractivity contribution >= 4 is 11.6 Å². The molecule has 108 valence electrons. The second-order valence-corrected chi connectivity index (χ2v) is 6.24. The standard InChI is InChI=1S/C15H22N4O/c16-13-9-14(18-15(17-13)10-5-6-10)19-7-8-20-12-4-2-1-3-11(12)19/h9-12H,1-8H2,(H2,16,17,18). The summed E-state index contributed by atoms with van der Waals surface area (Å²) in [5, 5.41) is 0. The van der Waals surface area contributed by atoms with Crippen LogP contribution in [0.3, 0.4) is 0 Å². The number of nitrogens with two attached hydrogens (primary N) is 1. The highest BCUT2D eigenvalue weighted by Crippen LogP contribution is 2.39. The van der Waals surface area contributed by atoms with Crippen molar-refractivity contribution in [3.8, 4) is 0 Å². The number of nitrogen functional groups attached to an aromatic ring is 1. The Labute approximate surface area is 119 Å². The summed E-state index contributed by atoms with van der Waals surface area (Å²) in [5.41, 5.74) is 5.99. The van der Waals surface area contributed by atoms with Crippen LogP contribution in [0.2, 0.25) is 0 Å². The van der Waals surface area contributed by atoms with Gasteiger partial charge in [-0.25, -0.2) is 9.97 Å². The second kappa shape index (κ2) is 4.88. The first kappa shape index (κ1) is 12.4. The number of morpholine rings is 1. The third kappa shape index (κ3) is 2.24. The van der Waals surface area contributed by atoms with Gasteiger partial charge in [-0.15, -0.1) is 0 Å². The van der Waals surface area contributed by atoms with Crippen molar-refractivity contribution in [2.45, 2.75) is 56.6 Å². The van der Waals surface area contributed by atoms with Crippen LogP contribution in [0.1, 0.15) is 50.3 Å². The average Bonchev–Trinajstić information content (AvgIpc) is 3.30. The van der Waals surface area contributed by atoms with Crippen LogP contribution in [-0.4, -0.2) is 35.3 Å². The zero-order chi connectivity index (χ0) is 13.5. The fraction of sp³-hybridized carbons (Fsp3) is 0.733. The number of rotatable bonds is 2. The van der Waals surface area contributed by atoms with E-state index in [0.29, 0.717) is 23.9 Å². The molecule has 5 heteroatoms. The molecular formula is C15H22N4O. The summed E-state index contributed by atoms with van der Waals surface area (Å²) >= 11 is 0. The average molecular weight is 274 g/mol. The number of nitrogens with zero attached hydrogens (tertiary/aromatic N) is 3. The maximum atomic E-state index is 5.99. The lowest BCUT2D eigenvalue weighted by Crippen LogP contribution is -2.53. The first-order valence-corrected chi connectivity index (χ1v) is 7.84. The van der Waals surface area contributed by atoms with Crippen molar-refractivity contribution < 1.29 is 4.74 Å². The molecule has 0 bridgehead atoms. The van der Waals surface area contributed by atoms with Crippen LogP contribution in [0.25, 0.3) is 0 Å². The van der Waals surface area contributed by atoms with Crippen LogP contribution in [0.5, 0.6) is 0 Å². The summed E-state index contributed by atoms with van der Waals surface area (Å²) in [6, 6.07) is 2.40. The molecule has 3 fully saturated rings. The molecule has 4 rings (SSSR count). The topological polar surface area (TPSA) is 64.3 Å². The van der Waals surface area contributed by atoms with E-state index < -0.39 is 0 Å². The summed E-state index contributed by atoms with van der Waals surface area (Å²) in [5.74, 6) is 3.11. The highest BCUT2D eigenvalue weighted by atomic mass is 16.5. The Hall–Kier alpha value is -1.36. The van der Waals surface area contributed by atoms with Gasteiger partial charge >= 0.3 is 0 Å². The Morgan fingerprint density at radius 3 is 2.85 bits per heavy atom. The van der Waals surface area contributed by atoms with Gasteiger partial charge in [-0.1, -0.05) is 12.8 Å². The van der Waals surface area contributed by atoms with Gasteiger partial charge in [-0.3, -0.25) is 0 Å². The Balaban J connectivity index is 1.64. The fourth-order valence-electron chi connectivity index (χ4n) is 3.52. The Bertz CT molecular complexity index is 501. The molecule has 0 aromatic carbocycles. The molecule has 5 nitrogen and oxygen atoms in total. The van der Waals surface area contributed by atoms with E-state index in [-0.39, 0.29) is 0 Å². The van der Waals surface area contributed by atoms with Crippen molar-refractivity contribution in [1.29, 1.82) is 0 Å². The second-order valence-electron chi connectivity index (χ2n) is 6.24. The fourth-order valence-corrected chi connectivity index (χ4v) is 3.52. The smallest absolute Gasteiger partial charge is 0.136 e. The number of hydrogen-bond donors (Lipinski definition) is 1. The quantitative estimate of drug-likeness (QED) is 0.894. The minimum absolute atomic E-state index is 0.373. The van der Waals surface area contributed by atoms with E-state index in [1.165, 1.54) is 38.5 Å². The Morgan fingerprint density at radius 1 is 1.15 bits per heavy atom. The zero-order valence-corrected chi connectivity index (χ0v) is 11.8. The molecule has 2 aliphatic carbocycles. The van der Waals surface area contributed by atoms with Gasteiger partial charge in [0.25, 0.3) is 0 Å². The van der Waals surface area contributed by atoms with Gasteiger partial charge in [0.15, 0.2) is 0 Å². The molecule has 0 amide bonds. The van der Waals surface area contributed by atoms with Gasteiger partial charge in [-0.05, 0) is 25.7 Å². The van der Waals surface area contributed by atoms with Crippen LogP contribution < -0.4 is 10.6 Å². The molecule has 2 unspecified atom stereocenters. The summed E-state index contributed by atoms with van der Waals surface area (Å²) in [7, 11) is 0. The summed E-state index contributed by atoms with van der Waals surface area (Å²) < 4.78 is 5.94. The molecular weight excluding hydrogens is 252 g/mol. The van der Waals surface area contributed by atoms with Crippen LogP contribution in [0, 0.1) is 0 Å². The lowest BCUT2D eigenvalue weighted by atomic mass is 9.90. The minimum atomic E-state index is 0.373. The Kier molecular flexibility index (Phi) is 3.02. The molecule has 1 aromatic rings. The molecule has 0 spiro atoms. The summed E-state index contributed by atoms with van der Waals surface area (Å²) in [6.07, 6.45) is 7.74. The third-order valence-corrected chi connectivity index (χ3v) is 4.72. The Morgan fingerprint density at radius 2 is 2.00 bits per heavy atom.